The predicted octanol–water partition coefficient (Wildman–Crippen LogP) is 9.01. The molecule has 0 saturated heterocycles. The first-order valence-corrected chi connectivity index (χ1v) is 15.0. The third-order valence-electron chi connectivity index (χ3n) is 7.44. The van der Waals surface area contributed by atoms with Gasteiger partial charge in [-0.1, -0.05) is 91.6 Å². The number of nitrogens with zero attached hydrogens (tertiary/aromatic N) is 1. The van der Waals surface area contributed by atoms with Crippen LogP contribution in [0.1, 0.15) is 37.8 Å². The second-order valence-electron chi connectivity index (χ2n) is 9.57. The molecule has 2 heterocycles. The lowest BCUT2D eigenvalue weighted by Gasteiger charge is -2.48. The highest BCUT2D eigenvalue weighted by Gasteiger charge is 2.46. The van der Waals surface area contributed by atoms with Crippen molar-refractivity contribution in [2.45, 2.75) is 37.0 Å². The van der Waals surface area contributed by atoms with Crippen molar-refractivity contribution in [3.8, 4) is 0 Å². The highest BCUT2D eigenvalue weighted by atomic mass is 32.3. The third-order valence-corrected chi connectivity index (χ3v) is 11.9. The van der Waals surface area contributed by atoms with Crippen molar-refractivity contribution in [1.82, 2.24) is 5.32 Å². The number of benzene rings is 2. The van der Waals surface area contributed by atoms with E-state index in [2.05, 4.69) is 127 Å². The average Bonchev–Trinajstić information content (AvgIpc) is 3.23. The monoisotopic (exact) mass is 516 g/mol. The van der Waals surface area contributed by atoms with Gasteiger partial charge < -0.3 is 5.32 Å². The highest BCUT2D eigenvalue weighted by molar-refractivity contribution is 8.40. The Kier molecular flexibility index (Phi) is 7.67. The molecule has 2 unspecified atom stereocenters. The largest absolute Gasteiger partial charge is 0.376 e. The Balaban J connectivity index is 1.68. The van der Waals surface area contributed by atoms with Gasteiger partial charge in [-0.2, -0.15) is 0 Å². The fourth-order valence-electron chi connectivity index (χ4n) is 5.71. The van der Waals surface area contributed by atoms with Crippen LogP contribution >= 0.6 is 10.0 Å². The first-order chi connectivity index (χ1) is 18.6. The van der Waals surface area contributed by atoms with E-state index in [1.807, 2.05) is 26.1 Å². The van der Waals surface area contributed by atoms with E-state index in [1.54, 1.807) is 4.91 Å². The zero-order valence-corrected chi connectivity index (χ0v) is 23.3. The minimum atomic E-state index is -1.60. The molecule has 0 aromatic heterocycles. The molecule has 38 heavy (non-hydrogen) atoms. The van der Waals surface area contributed by atoms with E-state index in [-0.39, 0.29) is 5.37 Å². The summed E-state index contributed by atoms with van der Waals surface area (Å²) in [5.74, 6) is 0. The summed E-state index contributed by atoms with van der Waals surface area (Å²) >= 11 is 0. The number of nitrogens with one attached hydrogen (secondary N) is 1. The van der Waals surface area contributed by atoms with E-state index in [9.17, 15) is 0 Å². The highest BCUT2D eigenvalue weighted by Crippen LogP contribution is 2.77. The molecule has 3 aliphatic rings. The molecule has 1 aliphatic carbocycles. The van der Waals surface area contributed by atoms with Gasteiger partial charge in [0, 0.05) is 23.0 Å². The minimum Gasteiger partial charge on any atom is -0.376 e. The first-order valence-electron chi connectivity index (χ1n) is 13.3. The zero-order chi connectivity index (χ0) is 26.5. The molecule has 2 atom stereocenters. The van der Waals surface area contributed by atoms with Crippen LogP contribution in [0.3, 0.4) is 0 Å². The van der Waals surface area contributed by atoms with Gasteiger partial charge in [0.25, 0.3) is 0 Å². The molecule has 0 spiro atoms. The second-order valence-corrected chi connectivity index (χ2v) is 12.8. The van der Waals surface area contributed by atoms with Crippen LogP contribution in [0.5, 0.6) is 0 Å². The lowest BCUT2D eigenvalue weighted by molar-refractivity contribution is 0.897. The molecule has 2 aromatic rings. The van der Waals surface area contributed by atoms with E-state index < -0.39 is 10.0 Å². The predicted molar refractivity (Wildman–Crippen MR) is 167 cm³/mol. The molecule has 0 radical (unpaired) electrons. The van der Waals surface area contributed by atoms with Crippen molar-refractivity contribution in [3.05, 3.63) is 154 Å². The summed E-state index contributed by atoms with van der Waals surface area (Å²) in [6.07, 6.45) is 24.1. The maximum atomic E-state index is 4.51. The van der Waals surface area contributed by atoms with Crippen molar-refractivity contribution < 1.29 is 0 Å². The summed E-state index contributed by atoms with van der Waals surface area (Å²) in [6, 6.07) is 19.8. The number of rotatable bonds is 7. The van der Waals surface area contributed by atoms with E-state index in [0.29, 0.717) is 0 Å². The SMILES string of the molecule is C=C/C=C\C1=C(C)C2=C(CCC=C2)S1(c1ccc(C(/C=C\C)=NC)cc1)C1C=CC(c2ccccc2)=CN1. The Morgan fingerprint density at radius 3 is 2.53 bits per heavy atom. The quantitative estimate of drug-likeness (QED) is 0.288. The number of hydrogen-bond donors (Lipinski definition) is 1. The van der Waals surface area contributed by atoms with Gasteiger partial charge in [-0.3, -0.25) is 4.99 Å². The van der Waals surface area contributed by atoms with Gasteiger partial charge in [0.05, 0.1) is 11.1 Å². The molecule has 5 rings (SSSR count). The molecule has 2 aromatic carbocycles. The first kappa shape index (κ1) is 25.8. The summed E-state index contributed by atoms with van der Waals surface area (Å²) < 4.78 is 0. The molecule has 0 fully saturated rings. The maximum absolute atomic E-state index is 4.51. The normalized spacial score (nSPS) is 25.0. The summed E-state index contributed by atoms with van der Waals surface area (Å²) in [5.41, 5.74) is 7.37. The van der Waals surface area contributed by atoms with Crippen molar-refractivity contribution >= 4 is 21.3 Å². The van der Waals surface area contributed by atoms with Crippen LogP contribution in [0.25, 0.3) is 5.57 Å². The topological polar surface area (TPSA) is 24.4 Å². The van der Waals surface area contributed by atoms with Crippen LogP contribution in [0, 0.1) is 0 Å². The lowest BCUT2D eigenvalue weighted by Crippen LogP contribution is -2.32. The van der Waals surface area contributed by atoms with Crippen LogP contribution in [0.2, 0.25) is 0 Å². The molecule has 0 bridgehead atoms. The van der Waals surface area contributed by atoms with Crippen LogP contribution in [-0.4, -0.2) is 18.1 Å². The fraction of sp³-hybridized carbons (Fsp3) is 0.171. The molecule has 0 saturated carbocycles. The van der Waals surface area contributed by atoms with Crippen molar-refractivity contribution in [3.63, 3.8) is 0 Å². The summed E-state index contributed by atoms with van der Waals surface area (Å²) in [5, 5.41) is 4.03. The van der Waals surface area contributed by atoms with Crippen molar-refractivity contribution in [2.75, 3.05) is 7.05 Å². The zero-order valence-electron chi connectivity index (χ0n) is 22.5. The molecule has 1 N–H and O–H groups in total. The third kappa shape index (κ3) is 4.41. The van der Waals surface area contributed by atoms with Gasteiger partial charge in [-0.25, -0.2) is 0 Å². The Hall–Kier alpha value is -3.82. The number of allylic oxidation sites excluding steroid dienone is 12. The van der Waals surface area contributed by atoms with Crippen molar-refractivity contribution in [1.29, 1.82) is 0 Å². The molecule has 3 heteroatoms. The summed E-state index contributed by atoms with van der Waals surface area (Å²) in [4.78, 5) is 8.87. The molecule has 2 nitrogen and oxygen atoms in total. The smallest absolute Gasteiger partial charge is 0.0866 e. The van der Waals surface area contributed by atoms with E-state index in [4.69, 9.17) is 0 Å². The second kappa shape index (κ2) is 11.3. The number of aliphatic imine (C=N–C) groups is 1. The summed E-state index contributed by atoms with van der Waals surface area (Å²) in [6.45, 7) is 8.31. The van der Waals surface area contributed by atoms with Gasteiger partial charge in [0.15, 0.2) is 0 Å². The molecule has 192 valence electrons. The van der Waals surface area contributed by atoms with Gasteiger partial charge in [-0.05, 0) is 83.7 Å². The molecular formula is C35H36N2S. The van der Waals surface area contributed by atoms with Crippen LogP contribution < -0.4 is 5.32 Å². The van der Waals surface area contributed by atoms with E-state index in [0.717, 1.165) is 24.1 Å². The molecular weight excluding hydrogens is 480 g/mol. The van der Waals surface area contributed by atoms with E-state index in [1.165, 1.54) is 32.1 Å². The van der Waals surface area contributed by atoms with Crippen LogP contribution in [0.15, 0.2) is 153 Å². The standard InChI is InChI=1S/C35H36N2S/c1-5-7-17-33-26(3)31-16-11-12-18-34(31)38(33,30-22-19-28(20-23-30)32(36-4)13-6-2)35-24-21-29(25-37-35)27-14-9-8-10-15-27/h5-11,13-17,19-25,35,37H,1,12,18H2,2-4H3/b13-6-,17-7-,36-32?. The van der Waals surface area contributed by atoms with Gasteiger partial charge in [0.2, 0.25) is 0 Å². The summed E-state index contributed by atoms with van der Waals surface area (Å²) in [7, 11) is 0.258. The Morgan fingerprint density at radius 2 is 1.87 bits per heavy atom. The Bertz CT molecular complexity index is 1460. The minimum absolute atomic E-state index is 0.147. The Labute approximate surface area is 229 Å². The lowest BCUT2D eigenvalue weighted by atomic mass is 10.0. The maximum Gasteiger partial charge on any atom is 0.0866 e. The van der Waals surface area contributed by atoms with Gasteiger partial charge in [-0.15, -0.1) is 10.0 Å². The average molecular weight is 517 g/mol. The van der Waals surface area contributed by atoms with E-state index >= 15 is 0 Å². The van der Waals surface area contributed by atoms with Crippen LogP contribution in [-0.2, 0) is 0 Å². The van der Waals surface area contributed by atoms with Gasteiger partial charge in [0.1, 0.15) is 0 Å². The van der Waals surface area contributed by atoms with Crippen molar-refractivity contribution in [2.24, 2.45) is 4.99 Å². The Morgan fingerprint density at radius 1 is 1.08 bits per heavy atom. The molecule has 2 aliphatic heterocycles. The number of hydrogen-bond acceptors (Lipinski definition) is 2. The number of dihydropyridines is 1. The van der Waals surface area contributed by atoms with Gasteiger partial charge >= 0.3 is 0 Å². The fourth-order valence-corrected chi connectivity index (χ4v) is 10.4. The molecule has 0 amide bonds. The van der Waals surface area contributed by atoms with Crippen LogP contribution in [0.4, 0.5) is 0 Å².